The van der Waals surface area contributed by atoms with E-state index in [1.54, 1.807) is 11.3 Å². The number of hydrogen-bond acceptors (Lipinski definition) is 7. The van der Waals surface area contributed by atoms with Gasteiger partial charge in [-0.1, -0.05) is 6.07 Å². The lowest BCUT2D eigenvalue weighted by Gasteiger charge is -2.28. The standard InChI is InChI=1S/C22H28N4O4S/c23-21(27)15-24-6-2-7-25(9-8-24)16-22(28)26(14-18-3-1-12-31-18)17-4-5-19-20(13-17)30-11-10-29-19/h1,3-5,12-13H,2,6-11,14-16H2,(H2,23,27). The van der Waals surface area contributed by atoms with Gasteiger partial charge in [-0.25, -0.2) is 0 Å². The Labute approximate surface area is 186 Å². The Kier molecular flexibility index (Phi) is 7.06. The van der Waals surface area contributed by atoms with Crippen LogP contribution in [0.4, 0.5) is 5.69 Å². The Hall–Kier alpha value is -2.62. The summed E-state index contributed by atoms with van der Waals surface area (Å²) in [6.07, 6.45) is 0.898. The summed E-state index contributed by atoms with van der Waals surface area (Å²) in [5.74, 6) is 1.10. The molecule has 3 heterocycles. The Morgan fingerprint density at radius 3 is 2.45 bits per heavy atom. The zero-order valence-electron chi connectivity index (χ0n) is 17.5. The van der Waals surface area contributed by atoms with E-state index < -0.39 is 0 Å². The van der Waals surface area contributed by atoms with Crippen molar-refractivity contribution in [2.45, 2.75) is 13.0 Å². The Morgan fingerprint density at radius 1 is 1.00 bits per heavy atom. The Morgan fingerprint density at radius 2 is 1.74 bits per heavy atom. The summed E-state index contributed by atoms with van der Waals surface area (Å²) in [7, 11) is 0. The molecule has 0 atom stereocenters. The average molecular weight is 445 g/mol. The number of fused-ring (bicyclic) bond motifs is 1. The van der Waals surface area contributed by atoms with E-state index in [1.807, 2.05) is 40.6 Å². The van der Waals surface area contributed by atoms with Crippen LogP contribution >= 0.6 is 11.3 Å². The number of nitrogens with two attached hydrogens (primary N) is 1. The number of amides is 2. The molecule has 2 N–H and O–H groups in total. The molecule has 0 aliphatic carbocycles. The second-order valence-corrected chi connectivity index (χ2v) is 8.79. The van der Waals surface area contributed by atoms with Gasteiger partial charge in [0.1, 0.15) is 13.2 Å². The first-order valence-corrected chi connectivity index (χ1v) is 11.4. The molecule has 0 spiro atoms. The normalized spacial score (nSPS) is 17.2. The number of hydrogen-bond donors (Lipinski definition) is 1. The minimum atomic E-state index is -0.315. The van der Waals surface area contributed by atoms with E-state index in [4.69, 9.17) is 15.2 Å². The SMILES string of the molecule is NC(=O)CN1CCCN(CC(=O)N(Cc2cccs2)c2ccc3c(c2)OCCO3)CC1. The largest absolute Gasteiger partial charge is 0.486 e. The van der Waals surface area contributed by atoms with Crippen molar-refractivity contribution in [1.82, 2.24) is 9.80 Å². The number of carbonyl (C=O) groups is 2. The van der Waals surface area contributed by atoms with Gasteiger partial charge in [0, 0.05) is 29.7 Å². The molecule has 0 saturated carbocycles. The fourth-order valence-corrected chi connectivity index (χ4v) is 4.61. The molecule has 1 fully saturated rings. The van der Waals surface area contributed by atoms with E-state index in [-0.39, 0.29) is 18.4 Å². The highest BCUT2D eigenvalue weighted by Gasteiger charge is 2.24. The summed E-state index contributed by atoms with van der Waals surface area (Å²) in [6.45, 7) is 5.23. The number of anilines is 1. The van der Waals surface area contributed by atoms with Gasteiger partial charge in [-0.05, 0) is 43.1 Å². The maximum atomic E-state index is 13.4. The number of primary amides is 1. The van der Waals surface area contributed by atoms with Crippen molar-refractivity contribution in [1.29, 1.82) is 0 Å². The van der Waals surface area contributed by atoms with Gasteiger partial charge >= 0.3 is 0 Å². The molecule has 1 aromatic heterocycles. The van der Waals surface area contributed by atoms with E-state index >= 15 is 0 Å². The summed E-state index contributed by atoms with van der Waals surface area (Å²) in [5, 5.41) is 2.02. The van der Waals surface area contributed by atoms with Crippen molar-refractivity contribution in [3.05, 3.63) is 40.6 Å². The quantitative estimate of drug-likeness (QED) is 0.697. The van der Waals surface area contributed by atoms with Crippen LogP contribution in [-0.2, 0) is 16.1 Å². The van der Waals surface area contributed by atoms with Gasteiger partial charge in [0.15, 0.2) is 11.5 Å². The van der Waals surface area contributed by atoms with Gasteiger partial charge in [0.2, 0.25) is 11.8 Å². The number of rotatable bonds is 7. The molecule has 2 aliphatic rings. The minimum absolute atomic E-state index is 0.0356. The molecule has 2 aromatic rings. The van der Waals surface area contributed by atoms with Gasteiger partial charge in [-0.3, -0.25) is 19.4 Å². The van der Waals surface area contributed by atoms with E-state index in [0.717, 1.165) is 43.2 Å². The van der Waals surface area contributed by atoms with E-state index in [1.165, 1.54) is 0 Å². The molecule has 0 bridgehead atoms. The predicted molar refractivity (Wildman–Crippen MR) is 120 cm³/mol. The fraction of sp³-hybridized carbons (Fsp3) is 0.455. The monoisotopic (exact) mass is 444 g/mol. The predicted octanol–water partition coefficient (Wildman–Crippen LogP) is 1.55. The van der Waals surface area contributed by atoms with E-state index in [2.05, 4.69) is 9.80 Å². The molecule has 1 aromatic carbocycles. The molecule has 31 heavy (non-hydrogen) atoms. The van der Waals surface area contributed by atoms with Gasteiger partial charge in [-0.15, -0.1) is 11.3 Å². The summed E-state index contributed by atoms with van der Waals surface area (Å²) in [6, 6.07) is 9.70. The zero-order valence-corrected chi connectivity index (χ0v) is 18.3. The van der Waals surface area contributed by atoms with Crippen LogP contribution in [0.2, 0.25) is 0 Å². The molecule has 2 amide bonds. The molecular weight excluding hydrogens is 416 g/mol. The van der Waals surface area contributed by atoms with Crippen molar-refractivity contribution in [3.63, 3.8) is 0 Å². The maximum Gasteiger partial charge on any atom is 0.241 e. The van der Waals surface area contributed by atoms with Crippen LogP contribution < -0.4 is 20.1 Å². The van der Waals surface area contributed by atoms with Gasteiger partial charge in [-0.2, -0.15) is 0 Å². The number of carbonyl (C=O) groups excluding carboxylic acids is 2. The van der Waals surface area contributed by atoms with Crippen LogP contribution in [0.5, 0.6) is 11.5 Å². The second-order valence-electron chi connectivity index (χ2n) is 7.76. The van der Waals surface area contributed by atoms with Crippen molar-refractivity contribution >= 4 is 28.8 Å². The lowest BCUT2D eigenvalue weighted by atomic mass is 10.2. The fourth-order valence-electron chi connectivity index (χ4n) is 3.92. The number of thiophene rings is 1. The molecule has 4 rings (SSSR count). The molecule has 0 unspecified atom stereocenters. The summed E-state index contributed by atoms with van der Waals surface area (Å²) < 4.78 is 11.4. The molecule has 8 nitrogen and oxygen atoms in total. The smallest absolute Gasteiger partial charge is 0.241 e. The van der Waals surface area contributed by atoms with Crippen molar-refractivity contribution in [2.75, 3.05) is 57.4 Å². The highest BCUT2D eigenvalue weighted by Crippen LogP contribution is 2.34. The first-order valence-electron chi connectivity index (χ1n) is 10.5. The van der Waals surface area contributed by atoms with Crippen molar-refractivity contribution in [3.8, 4) is 11.5 Å². The Bertz CT molecular complexity index is 905. The number of nitrogens with zero attached hydrogens (tertiary/aromatic N) is 3. The third-order valence-electron chi connectivity index (χ3n) is 5.45. The first-order chi connectivity index (χ1) is 15.1. The van der Waals surface area contributed by atoms with Crippen LogP contribution in [0.3, 0.4) is 0 Å². The summed E-state index contributed by atoms with van der Waals surface area (Å²) in [4.78, 5) is 31.8. The van der Waals surface area contributed by atoms with Crippen LogP contribution in [-0.4, -0.2) is 74.1 Å². The van der Waals surface area contributed by atoms with Crippen molar-refractivity contribution in [2.24, 2.45) is 5.73 Å². The van der Waals surface area contributed by atoms with Crippen LogP contribution in [0, 0.1) is 0 Å². The summed E-state index contributed by atoms with van der Waals surface area (Å²) >= 11 is 1.63. The molecule has 166 valence electrons. The zero-order chi connectivity index (χ0) is 21.6. The molecule has 9 heteroatoms. The van der Waals surface area contributed by atoms with E-state index in [0.29, 0.717) is 37.8 Å². The summed E-state index contributed by atoms with van der Waals surface area (Å²) in [5.41, 5.74) is 6.13. The highest BCUT2D eigenvalue weighted by molar-refractivity contribution is 7.09. The topological polar surface area (TPSA) is 88.3 Å². The lowest BCUT2D eigenvalue weighted by Crippen LogP contribution is -2.42. The Balaban J connectivity index is 1.47. The van der Waals surface area contributed by atoms with Crippen LogP contribution in [0.25, 0.3) is 0 Å². The third-order valence-corrected chi connectivity index (χ3v) is 6.31. The molecule has 0 radical (unpaired) electrons. The van der Waals surface area contributed by atoms with Gasteiger partial charge in [0.25, 0.3) is 0 Å². The molecule has 1 saturated heterocycles. The van der Waals surface area contributed by atoms with Crippen LogP contribution in [0.1, 0.15) is 11.3 Å². The third kappa shape index (κ3) is 5.75. The lowest BCUT2D eigenvalue weighted by molar-refractivity contribution is -0.120. The second kappa shape index (κ2) is 10.1. The molecule has 2 aliphatic heterocycles. The van der Waals surface area contributed by atoms with Gasteiger partial charge < -0.3 is 20.1 Å². The van der Waals surface area contributed by atoms with Crippen molar-refractivity contribution < 1.29 is 19.1 Å². The first kappa shape index (κ1) is 21.6. The van der Waals surface area contributed by atoms with Gasteiger partial charge in [0.05, 0.1) is 19.6 Å². The van der Waals surface area contributed by atoms with Crippen LogP contribution in [0.15, 0.2) is 35.7 Å². The number of ether oxygens (including phenoxy) is 2. The minimum Gasteiger partial charge on any atom is -0.486 e. The van der Waals surface area contributed by atoms with E-state index in [9.17, 15) is 9.59 Å². The number of benzene rings is 1. The maximum absolute atomic E-state index is 13.4. The molecular formula is C22H28N4O4S. The highest BCUT2D eigenvalue weighted by atomic mass is 32.1. The average Bonchev–Trinajstić information content (AvgIpc) is 3.19.